The molecule has 5 nitrogen and oxygen atoms in total. The van der Waals surface area contributed by atoms with Crippen molar-refractivity contribution in [3.63, 3.8) is 0 Å². The molecule has 0 atom stereocenters. The van der Waals surface area contributed by atoms with Gasteiger partial charge in [0.15, 0.2) is 11.5 Å². The molecule has 0 amide bonds. The van der Waals surface area contributed by atoms with Gasteiger partial charge in [-0.2, -0.15) is 0 Å². The Labute approximate surface area is 78.1 Å². The third-order valence-corrected chi connectivity index (χ3v) is 1.80. The van der Waals surface area contributed by atoms with Crippen LogP contribution >= 0.6 is 0 Å². The fraction of sp³-hybridized carbons (Fsp3) is 0.125. The van der Waals surface area contributed by atoms with E-state index in [4.69, 9.17) is 0 Å². The molecular formula is C8H6FN3O2. The number of nitrogens with zero attached hydrogens (tertiary/aromatic N) is 3. The topological polar surface area (TPSA) is 56.5 Å². The average Bonchev–Trinajstić information content (AvgIpc) is 2.67. The highest BCUT2D eigenvalue weighted by Crippen LogP contribution is 2.10. The number of esters is 1. The third-order valence-electron chi connectivity index (χ3n) is 1.80. The van der Waals surface area contributed by atoms with Crippen LogP contribution in [-0.4, -0.2) is 27.7 Å². The number of fused-ring (bicyclic) bond motifs is 1. The van der Waals surface area contributed by atoms with E-state index < -0.39 is 11.8 Å². The number of methoxy groups -OCH3 is 1. The number of halogens is 1. The van der Waals surface area contributed by atoms with E-state index in [2.05, 4.69) is 14.9 Å². The Kier molecular flexibility index (Phi) is 1.88. The summed E-state index contributed by atoms with van der Waals surface area (Å²) in [7, 11) is 1.25. The van der Waals surface area contributed by atoms with Gasteiger partial charge in [0.25, 0.3) is 0 Å². The summed E-state index contributed by atoms with van der Waals surface area (Å²) < 4.78 is 18.8. The fourth-order valence-corrected chi connectivity index (χ4v) is 1.15. The SMILES string of the molecule is COC(=O)c1ccc(F)c2nncn12. The van der Waals surface area contributed by atoms with Crippen molar-refractivity contribution in [3.05, 3.63) is 30.0 Å². The maximum absolute atomic E-state index is 13.1. The molecule has 2 aromatic rings. The Bertz CT molecular complexity index is 494. The molecule has 0 aromatic carbocycles. The van der Waals surface area contributed by atoms with Crippen molar-refractivity contribution in [1.82, 2.24) is 14.6 Å². The van der Waals surface area contributed by atoms with Crippen LogP contribution in [0.1, 0.15) is 10.5 Å². The Balaban J connectivity index is 2.72. The molecule has 0 unspecified atom stereocenters. The Morgan fingerprint density at radius 2 is 2.36 bits per heavy atom. The number of ether oxygens (including phenoxy) is 1. The number of hydrogen-bond donors (Lipinski definition) is 0. The van der Waals surface area contributed by atoms with Gasteiger partial charge in [0.05, 0.1) is 7.11 Å². The first-order chi connectivity index (χ1) is 6.74. The summed E-state index contributed by atoms with van der Waals surface area (Å²) in [6.45, 7) is 0. The molecule has 14 heavy (non-hydrogen) atoms. The third kappa shape index (κ3) is 1.12. The summed E-state index contributed by atoms with van der Waals surface area (Å²) in [5, 5.41) is 7.03. The number of carbonyl (C=O) groups is 1. The predicted molar refractivity (Wildman–Crippen MR) is 44.3 cm³/mol. The zero-order valence-corrected chi connectivity index (χ0v) is 7.27. The van der Waals surface area contributed by atoms with Crippen molar-refractivity contribution in [1.29, 1.82) is 0 Å². The van der Waals surface area contributed by atoms with Crippen molar-refractivity contribution < 1.29 is 13.9 Å². The minimum absolute atomic E-state index is 0.00731. The van der Waals surface area contributed by atoms with Crippen LogP contribution in [0, 0.1) is 5.82 Å². The van der Waals surface area contributed by atoms with Crippen molar-refractivity contribution in [2.75, 3.05) is 7.11 Å². The highest BCUT2D eigenvalue weighted by atomic mass is 19.1. The lowest BCUT2D eigenvalue weighted by Crippen LogP contribution is -2.08. The molecule has 0 aliphatic heterocycles. The van der Waals surface area contributed by atoms with Crippen molar-refractivity contribution in [2.24, 2.45) is 0 Å². The standard InChI is InChI=1S/C8H6FN3O2/c1-14-8(13)6-3-2-5(9)7-11-10-4-12(6)7/h2-4H,1H3. The molecule has 0 saturated carbocycles. The van der Waals surface area contributed by atoms with Crippen LogP contribution in [0.3, 0.4) is 0 Å². The zero-order valence-electron chi connectivity index (χ0n) is 7.27. The van der Waals surface area contributed by atoms with Gasteiger partial charge in [0.1, 0.15) is 12.0 Å². The molecule has 72 valence electrons. The maximum Gasteiger partial charge on any atom is 0.355 e. The van der Waals surface area contributed by atoms with E-state index in [-0.39, 0.29) is 11.3 Å². The Hall–Kier alpha value is -1.98. The zero-order chi connectivity index (χ0) is 10.1. The van der Waals surface area contributed by atoms with Gasteiger partial charge in [-0.1, -0.05) is 0 Å². The van der Waals surface area contributed by atoms with Gasteiger partial charge in [-0.25, -0.2) is 9.18 Å². The van der Waals surface area contributed by atoms with Gasteiger partial charge in [0, 0.05) is 0 Å². The number of aromatic nitrogens is 3. The molecule has 2 heterocycles. The molecule has 0 spiro atoms. The molecule has 0 radical (unpaired) electrons. The minimum atomic E-state index is -0.560. The van der Waals surface area contributed by atoms with E-state index in [9.17, 15) is 9.18 Å². The van der Waals surface area contributed by atoms with Gasteiger partial charge in [-0.3, -0.25) is 4.40 Å². The fourth-order valence-electron chi connectivity index (χ4n) is 1.15. The van der Waals surface area contributed by atoms with Gasteiger partial charge >= 0.3 is 5.97 Å². The molecule has 6 heteroatoms. The van der Waals surface area contributed by atoms with E-state index in [1.54, 1.807) is 0 Å². The van der Waals surface area contributed by atoms with Crippen LogP contribution in [0.25, 0.3) is 5.65 Å². The Morgan fingerprint density at radius 3 is 3.07 bits per heavy atom. The number of carbonyl (C=O) groups excluding carboxylic acids is 1. The van der Waals surface area contributed by atoms with Gasteiger partial charge in [-0.05, 0) is 12.1 Å². The molecule has 0 N–H and O–H groups in total. The maximum atomic E-state index is 13.1. The van der Waals surface area contributed by atoms with E-state index in [0.29, 0.717) is 0 Å². The van der Waals surface area contributed by atoms with Crippen LogP contribution in [0.4, 0.5) is 4.39 Å². The molecule has 0 bridgehead atoms. The van der Waals surface area contributed by atoms with Gasteiger partial charge in [-0.15, -0.1) is 10.2 Å². The number of rotatable bonds is 1. The largest absolute Gasteiger partial charge is 0.464 e. The second-order valence-electron chi connectivity index (χ2n) is 2.58. The van der Waals surface area contributed by atoms with E-state index in [1.165, 1.54) is 23.9 Å². The predicted octanol–water partition coefficient (Wildman–Crippen LogP) is 0.655. The first-order valence-electron chi connectivity index (χ1n) is 3.80. The first-order valence-corrected chi connectivity index (χ1v) is 3.80. The lowest BCUT2D eigenvalue weighted by Gasteiger charge is -2.01. The van der Waals surface area contributed by atoms with Crippen molar-refractivity contribution in [2.45, 2.75) is 0 Å². The van der Waals surface area contributed by atoms with E-state index >= 15 is 0 Å². The second kappa shape index (κ2) is 3.06. The van der Waals surface area contributed by atoms with Gasteiger partial charge < -0.3 is 4.74 Å². The summed E-state index contributed by atoms with van der Waals surface area (Å²) in [4.78, 5) is 11.2. The summed E-state index contributed by atoms with van der Waals surface area (Å²) in [6, 6.07) is 2.47. The smallest absolute Gasteiger partial charge is 0.355 e. The number of hydrogen-bond acceptors (Lipinski definition) is 4. The molecular weight excluding hydrogens is 189 g/mol. The Morgan fingerprint density at radius 1 is 1.57 bits per heavy atom. The molecule has 0 fully saturated rings. The molecule has 0 aliphatic rings. The van der Waals surface area contributed by atoms with Crippen LogP contribution in [-0.2, 0) is 4.74 Å². The number of pyridine rings is 1. The van der Waals surface area contributed by atoms with Gasteiger partial charge in [0.2, 0.25) is 0 Å². The molecule has 0 aliphatic carbocycles. The van der Waals surface area contributed by atoms with Crippen molar-refractivity contribution >= 4 is 11.6 Å². The average molecular weight is 195 g/mol. The highest BCUT2D eigenvalue weighted by molar-refractivity contribution is 5.88. The van der Waals surface area contributed by atoms with Crippen LogP contribution < -0.4 is 0 Å². The highest BCUT2D eigenvalue weighted by Gasteiger charge is 2.13. The minimum Gasteiger partial charge on any atom is -0.464 e. The van der Waals surface area contributed by atoms with E-state index in [1.807, 2.05) is 0 Å². The van der Waals surface area contributed by atoms with E-state index in [0.717, 1.165) is 6.07 Å². The second-order valence-corrected chi connectivity index (χ2v) is 2.58. The molecule has 2 rings (SSSR count). The monoisotopic (exact) mass is 195 g/mol. The lowest BCUT2D eigenvalue weighted by atomic mass is 10.3. The lowest BCUT2D eigenvalue weighted by molar-refractivity contribution is 0.0592. The van der Waals surface area contributed by atoms with Crippen molar-refractivity contribution in [3.8, 4) is 0 Å². The first kappa shape index (κ1) is 8.61. The quantitative estimate of drug-likeness (QED) is 0.627. The van der Waals surface area contributed by atoms with Crippen LogP contribution in [0.15, 0.2) is 18.5 Å². The normalized spacial score (nSPS) is 10.4. The summed E-state index contributed by atoms with van der Waals surface area (Å²) in [5.41, 5.74) is 0.196. The molecule has 0 saturated heterocycles. The van der Waals surface area contributed by atoms with Crippen LogP contribution in [0.2, 0.25) is 0 Å². The van der Waals surface area contributed by atoms with Crippen LogP contribution in [0.5, 0.6) is 0 Å². The summed E-state index contributed by atoms with van der Waals surface area (Å²) in [5.74, 6) is -1.09. The molecule has 2 aromatic heterocycles. The summed E-state index contributed by atoms with van der Waals surface area (Å²) >= 11 is 0. The summed E-state index contributed by atoms with van der Waals surface area (Å²) in [6.07, 6.45) is 1.25.